The minimum Gasteiger partial charge on any atom is -0.372 e. The number of carbonyl (C=O) groups excluding carboxylic acids is 2. The minimum absolute atomic E-state index is 0.00219. The second kappa shape index (κ2) is 8.25. The zero-order valence-corrected chi connectivity index (χ0v) is 16.2. The summed E-state index contributed by atoms with van der Waals surface area (Å²) in [7, 11) is 0. The summed E-state index contributed by atoms with van der Waals surface area (Å²) in [6.45, 7) is 8.55. The lowest BCUT2D eigenvalue weighted by Gasteiger charge is -2.21. The van der Waals surface area contributed by atoms with E-state index >= 15 is 0 Å². The van der Waals surface area contributed by atoms with E-state index in [-0.39, 0.29) is 24.2 Å². The standard InChI is InChI=1S/C22H27N3O2/c1-4-24(5-2)19-11-9-18(10-12-19)23-22(27)17-14-21(26)25(15-17)20-8-6-7-16(3)13-20/h6-13,17H,4-5,14-15H2,1-3H3,(H,23,27). The molecule has 0 saturated carbocycles. The van der Waals surface area contributed by atoms with E-state index in [0.717, 1.165) is 35.7 Å². The molecule has 5 heteroatoms. The Balaban J connectivity index is 1.64. The third kappa shape index (κ3) is 4.30. The Morgan fingerprint density at radius 1 is 1.15 bits per heavy atom. The van der Waals surface area contributed by atoms with Crippen molar-refractivity contribution in [3.8, 4) is 0 Å². The van der Waals surface area contributed by atoms with Gasteiger partial charge in [0.1, 0.15) is 0 Å². The largest absolute Gasteiger partial charge is 0.372 e. The second-order valence-corrected chi connectivity index (χ2v) is 6.95. The predicted molar refractivity (Wildman–Crippen MR) is 110 cm³/mol. The van der Waals surface area contributed by atoms with Crippen molar-refractivity contribution < 1.29 is 9.59 Å². The Bertz CT molecular complexity index is 813. The van der Waals surface area contributed by atoms with Crippen molar-refractivity contribution in [3.63, 3.8) is 0 Å². The molecule has 0 spiro atoms. The van der Waals surface area contributed by atoms with Gasteiger partial charge in [0, 0.05) is 43.1 Å². The Labute approximate surface area is 161 Å². The third-order valence-electron chi connectivity index (χ3n) is 5.07. The molecule has 1 unspecified atom stereocenters. The number of benzene rings is 2. The molecule has 5 nitrogen and oxygen atoms in total. The predicted octanol–water partition coefficient (Wildman–Crippen LogP) is 3.83. The summed E-state index contributed by atoms with van der Waals surface area (Å²) >= 11 is 0. The number of rotatable bonds is 6. The zero-order valence-electron chi connectivity index (χ0n) is 16.2. The number of hydrogen-bond acceptors (Lipinski definition) is 3. The molecule has 2 aromatic rings. The second-order valence-electron chi connectivity index (χ2n) is 6.95. The summed E-state index contributed by atoms with van der Waals surface area (Å²) in [5, 5.41) is 2.95. The molecule has 0 radical (unpaired) electrons. The van der Waals surface area contributed by atoms with E-state index in [4.69, 9.17) is 0 Å². The lowest BCUT2D eigenvalue weighted by Crippen LogP contribution is -2.28. The third-order valence-corrected chi connectivity index (χ3v) is 5.07. The molecule has 0 aromatic heterocycles. The Hall–Kier alpha value is -2.82. The molecule has 1 saturated heterocycles. The van der Waals surface area contributed by atoms with Crippen molar-refractivity contribution in [2.45, 2.75) is 27.2 Å². The van der Waals surface area contributed by atoms with Gasteiger partial charge in [-0.3, -0.25) is 9.59 Å². The number of nitrogens with zero attached hydrogens (tertiary/aromatic N) is 2. The van der Waals surface area contributed by atoms with E-state index < -0.39 is 0 Å². The molecule has 2 aromatic carbocycles. The van der Waals surface area contributed by atoms with Crippen LogP contribution in [-0.2, 0) is 9.59 Å². The van der Waals surface area contributed by atoms with Gasteiger partial charge in [0.05, 0.1) is 5.92 Å². The van der Waals surface area contributed by atoms with Crippen LogP contribution in [0.2, 0.25) is 0 Å². The van der Waals surface area contributed by atoms with E-state index in [2.05, 4.69) is 24.1 Å². The number of carbonyl (C=O) groups is 2. The maximum Gasteiger partial charge on any atom is 0.229 e. The molecule has 1 aliphatic rings. The van der Waals surface area contributed by atoms with Gasteiger partial charge in [-0.2, -0.15) is 0 Å². The maximum absolute atomic E-state index is 12.6. The van der Waals surface area contributed by atoms with Gasteiger partial charge < -0.3 is 15.1 Å². The van der Waals surface area contributed by atoms with Crippen LogP contribution in [0.3, 0.4) is 0 Å². The normalized spacial score (nSPS) is 16.5. The van der Waals surface area contributed by atoms with Crippen molar-refractivity contribution >= 4 is 28.9 Å². The molecule has 0 bridgehead atoms. The minimum atomic E-state index is -0.333. The van der Waals surface area contributed by atoms with Crippen molar-refractivity contribution in [1.82, 2.24) is 0 Å². The van der Waals surface area contributed by atoms with Gasteiger partial charge in [-0.25, -0.2) is 0 Å². The fourth-order valence-corrected chi connectivity index (χ4v) is 3.52. The number of aryl methyl sites for hydroxylation is 1. The number of anilines is 3. The summed E-state index contributed by atoms with van der Waals surface area (Å²) < 4.78 is 0. The van der Waals surface area contributed by atoms with E-state index in [1.807, 2.05) is 55.5 Å². The Morgan fingerprint density at radius 2 is 1.85 bits per heavy atom. The molecule has 2 amide bonds. The molecular formula is C22H27N3O2. The van der Waals surface area contributed by atoms with Gasteiger partial charge in [0.2, 0.25) is 11.8 Å². The van der Waals surface area contributed by atoms with E-state index in [9.17, 15) is 9.59 Å². The fraction of sp³-hybridized carbons (Fsp3) is 0.364. The number of nitrogens with one attached hydrogen (secondary N) is 1. The van der Waals surface area contributed by atoms with Crippen LogP contribution in [0.5, 0.6) is 0 Å². The van der Waals surface area contributed by atoms with Crippen LogP contribution in [0, 0.1) is 12.8 Å². The Kier molecular flexibility index (Phi) is 5.79. The van der Waals surface area contributed by atoms with Crippen molar-refractivity contribution in [2.24, 2.45) is 5.92 Å². The van der Waals surface area contributed by atoms with Gasteiger partial charge in [-0.1, -0.05) is 12.1 Å². The topological polar surface area (TPSA) is 52.7 Å². The van der Waals surface area contributed by atoms with Crippen LogP contribution in [0.1, 0.15) is 25.8 Å². The summed E-state index contributed by atoms with van der Waals surface area (Å²) in [4.78, 5) is 29.0. The van der Waals surface area contributed by atoms with Gasteiger partial charge >= 0.3 is 0 Å². The molecule has 1 aliphatic heterocycles. The van der Waals surface area contributed by atoms with Crippen molar-refractivity contribution in [2.75, 3.05) is 34.8 Å². The molecule has 1 N–H and O–H groups in total. The molecule has 142 valence electrons. The SMILES string of the molecule is CCN(CC)c1ccc(NC(=O)C2CC(=O)N(c3cccc(C)c3)C2)cc1. The first-order valence-electron chi connectivity index (χ1n) is 9.54. The molecule has 1 heterocycles. The molecule has 27 heavy (non-hydrogen) atoms. The summed E-state index contributed by atoms with van der Waals surface area (Å²) in [6.07, 6.45) is 0.247. The molecule has 3 rings (SSSR count). The highest BCUT2D eigenvalue weighted by Crippen LogP contribution is 2.27. The molecule has 1 atom stereocenters. The average Bonchev–Trinajstić information content (AvgIpc) is 3.06. The van der Waals surface area contributed by atoms with Crippen LogP contribution >= 0.6 is 0 Å². The highest BCUT2D eigenvalue weighted by molar-refractivity contribution is 6.03. The monoisotopic (exact) mass is 365 g/mol. The maximum atomic E-state index is 12.6. The van der Waals surface area contributed by atoms with Crippen LogP contribution in [0.4, 0.5) is 17.1 Å². The number of hydrogen-bond donors (Lipinski definition) is 1. The zero-order chi connectivity index (χ0) is 19.4. The lowest BCUT2D eigenvalue weighted by atomic mass is 10.1. The molecule has 1 fully saturated rings. The first-order chi connectivity index (χ1) is 13.0. The quantitative estimate of drug-likeness (QED) is 0.846. The smallest absolute Gasteiger partial charge is 0.229 e. The van der Waals surface area contributed by atoms with Gasteiger partial charge in [-0.15, -0.1) is 0 Å². The summed E-state index contributed by atoms with van der Waals surface area (Å²) in [5.41, 5.74) is 3.86. The number of amides is 2. The van der Waals surface area contributed by atoms with E-state index in [1.165, 1.54) is 0 Å². The molecular weight excluding hydrogens is 338 g/mol. The van der Waals surface area contributed by atoms with Crippen LogP contribution in [0.25, 0.3) is 0 Å². The highest BCUT2D eigenvalue weighted by atomic mass is 16.2. The Morgan fingerprint density at radius 3 is 2.48 bits per heavy atom. The average molecular weight is 365 g/mol. The first-order valence-corrected chi connectivity index (χ1v) is 9.54. The first kappa shape index (κ1) is 19.0. The van der Waals surface area contributed by atoms with Gasteiger partial charge in [0.15, 0.2) is 0 Å². The molecule has 0 aliphatic carbocycles. The fourth-order valence-electron chi connectivity index (χ4n) is 3.52. The van der Waals surface area contributed by atoms with Crippen molar-refractivity contribution in [1.29, 1.82) is 0 Å². The van der Waals surface area contributed by atoms with Gasteiger partial charge in [0.25, 0.3) is 0 Å². The van der Waals surface area contributed by atoms with Crippen LogP contribution < -0.4 is 15.1 Å². The van der Waals surface area contributed by atoms with Crippen LogP contribution in [0.15, 0.2) is 48.5 Å². The van der Waals surface area contributed by atoms with E-state index in [1.54, 1.807) is 4.90 Å². The lowest BCUT2D eigenvalue weighted by molar-refractivity contribution is -0.122. The van der Waals surface area contributed by atoms with Crippen LogP contribution in [-0.4, -0.2) is 31.4 Å². The van der Waals surface area contributed by atoms with Gasteiger partial charge in [-0.05, 0) is 62.7 Å². The van der Waals surface area contributed by atoms with Crippen molar-refractivity contribution in [3.05, 3.63) is 54.1 Å². The summed E-state index contributed by atoms with van der Waals surface area (Å²) in [5.74, 6) is -0.438. The summed E-state index contributed by atoms with van der Waals surface area (Å²) in [6, 6.07) is 15.7. The highest BCUT2D eigenvalue weighted by Gasteiger charge is 2.35. The van der Waals surface area contributed by atoms with E-state index in [0.29, 0.717) is 6.54 Å².